The molecule has 0 spiro atoms. The minimum Gasteiger partial charge on any atom is -0.461 e. The van der Waals surface area contributed by atoms with Crippen molar-refractivity contribution in [2.45, 2.75) is 13.2 Å². The number of rotatable bonds is 12. The lowest BCUT2D eigenvalue weighted by Crippen LogP contribution is -2.12. The zero-order valence-corrected chi connectivity index (χ0v) is 20.4. The molecule has 1 atom stereocenters. The molecule has 0 saturated carbocycles. The molecule has 0 aliphatic carbocycles. The lowest BCUT2D eigenvalue weighted by atomic mass is 10.1. The van der Waals surface area contributed by atoms with Crippen LogP contribution < -0.4 is 23.7 Å². The molecule has 0 amide bonds. The first-order valence-electron chi connectivity index (χ1n) is 10.8. The highest BCUT2D eigenvalue weighted by molar-refractivity contribution is 5.93. The first-order chi connectivity index (χ1) is 18.1. The standard InChI is InChI=1S/C28H24O10/c1-6-24(29)34-19-11-18(12-20(13-19)35-25(30)7-2)17(5)10-28(33)38-23-15-21(36-26(31)8-3)14-22(16-23)37-27(32)9-4/h6-16,26,31H,1-4H2,5H3/b17-10+. The highest BCUT2D eigenvalue weighted by Gasteiger charge is 2.14. The van der Waals surface area contributed by atoms with E-state index in [2.05, 4.69) is 26.3 Å². The maximum absolute atomic E-state index is 12.7. The second kappa shape index (κ2) is 13.8. The molecule has 2 aromatic rings. The Bertz CT molecular complexity index is 1280. The zero-order chi connectivity index (χ0) is 28.2. The van der Waals surface area contributed by atoms with Crippen LogP contribution in [0.15, 0.2) is 93.1 Å². The molecule has 0 aromatic heterocycles. The highest BCUT2D eigenvalue weighted by atomic mass is 16.6. The predicted octanol–water partition coefficient (Wildman–Crippen LogP) is 3.85. The first kappa shape index (κ1) is 29.0. The third kappa shape index (κ3) is 9.10. The minimum absolute atomic E-state index is 0.0145. The third-order valence-corrected chi connectivity index (χ3v) is 4.36. The van der Waals surface area contributed by atoms with Crippen LogP contribution in [0.2, 0.25) is 0 Å². The molecule has 2 aromatic carbocycles. The van der Waals surface area contributed by atoms with E-state index < -0.39 is 30.2 Å². The van der Waals surface area contributed by atoms with Crippen LogP contribution in [0, 0.1) is 0 Å². The van der Waals surface area contributed by atoms with E-state index in [1.807, 2.05) is 0 Å². The number of ether oxygens (including phenoxy) is 5. The molecule has 0 fully saturated rings. The van der Waals surface area contributed by atoms with Crippen LogP contribution in [0.1, 0.15) is 12.5 Å². The molecule has 10 nitrogen and oxygen atoms in total. The van der Waals surface area contributed by atoms with Gasteiger partial charge in [-0.3, -0.25) is 0 Å². The normalized spacial score (nSPS) is 11.3. The van der Waals surface area contributed by atoms with Crippen molar-refractivity contribution in [1.29, 1.82) is 0 Å². The van der Waals surface area contributed by atoms with E-state index >= 15 is 0 Å². The number of carbonyl (C=O) groups is 4. The van der Waals surface area contributed by atoms with Gasteiger partial charge in [-0.05, 0) is 36.3 Å². The SMILES string of the molecule is C=CC(=O)Oc1cc(OC(=O)/C=C(\C)c2cc(OC(=O)C=C)cc(OC(=O)C=C)c2)cc(OC(O)C=C)c1. The van der Waals surface area contributed by atoms with Gasteiger partial charge in [-0.1, -0.05) is 26.3 Å². The number of benzene rings is 2. The molecule has 2 rings (SSSR count). The van der Waals surface area contributed by atoms with Gasteiger partial charge in [0.15, 0.2) is 0 Å². The van der Waals surface area contributed by atoms with E-state index in [0.717, 1.165) is 30.4 Å². The Labute approximate surface area is 218 Å². The van der Waals surface area contributed by atoms with Crippen molar-refractivity contribution in [1.82, 2.24) is 0 Å². The molecule has 0 aliphatic rings. The largest absolute Gasteiger partial charge is 0.461 e. The molecule has 0 radical (unpaired) electrons. The Balaban J connectivity index is 2.37. The number of hydrogen-bond acceptors (Lipinski definition) is 10. The van der Waals surface area contributed by atoms with Gasteiger partial charge in [0.1, 0.15) is 28.7 Å². The summed E-state index contributed by atoms with van der Waals surface area (Å²) in [7, 11) is 0. The Morgan fingerprint density at radius 1 is 0.658 bits per heavy atom. The highest BCUT2D eigenvalue weighted by Crippen LogP contribution is 2.30. The van der Waals surface area contributed by atoms with E-state index in [4.69, 9.17) is 23.7 Å². The number of hydrogen-bond donors (Lipinski definition) is 1. The van der Waals surface area contributed by atoms with E-state index in [1.54, 1.807) is 6.92 Å². The first-order valence-corrected chi connectivity index (χ1v) is 10.8. The van der Waals surface area contributed by atoms with Gasteiger partial charge in [0, 0.05) is 48.6 Å². The van der Waals surface area contributed by atoms with Gasteiger partial charge in [0.25, 0.3) is 0 Å². The maximum Gasteiger partial charge on any atom is 0.336 e. The van der Waals surface area contributed by atoms with Gasteiger partial charge in [0.05, 0.1) is 0 Å². The molecule has 38 heavy (non-hydrogen) atoms. The minimum atomic E-state index is -1.38. The van der Waals surface area contributed by atoms with Crippen LogP contribution in [-0.2, 0) is 19.2 Å². The average Bonchev–Trinajstić information content (AvgIpc) is 2.87. The number of aliphatic hydroxyl groups is 1. The molecule has 0 aliphatic heterocycles. The summed E-state index contributed by atoms with van der Waals surface area (Å²) in [6.07, 6.45) is 3.70. The molecule has 10 heteroatoms. The van der Waals surface area contributed by atoms with Gasteiger partial charge in [-0.25, -0.2) is 19.2 Å². The summed E-state index contributed by atoms with van der Waals surface area (Å²) in [5.74, 6) is -3.17. The molecular weight excluding hydrogens is 496 g/mol. The van der Waals surface area contributed by atoms with Crippen LogP contribution in [0.25, 0.3) is 5.57 Å². The summed E-state index contributed by atoms with van der Waals surface area (Å²) in [6.45, 7) is 14.9. The average molecular weight is 520 g/mol. The second-order valence-corrected chi connectivity index (χ2v) is 7.20. The molecular formula is C28H24O10. The van der Waals surface area contributed by atoms with Gasteiger partial charge in [-0.15, -0.1) is 0 Å². The Hall–Kier alpha value is -5.22. The fourth-order valence-corrected chi connectivity index (χ4v) is 2.72. The van der Waals surface area contributed by atoms with Crippen LogP contribution in [0.3, 0.4) is 0 Å². The van der Waals surface area contributed by atoms with Crippen molar-refractivity contribution >= 4 is 29.5 Å². The summed E-state index contributed by atoms with van der Waals surface area (Å²) < 4.78 is 25.8. The summed E-state index contributed by atoms with van der Waals surface area (Å²) in [6, 6.07) is 7.98. The lowest BCUT2D eigenvalue weighted by Gasteiger charge is -2.13. The molecule has 196 valence electrons. The van der Waals surface area contributed by atoms with E-state index in [0.29, 0.717) is 11.1 Å². The van der Waals surface area contributed by atoms with E-state index in [1.165, 1.54) is 36.4 Å². The van der Waals surface area contributed by atoms with Crippen LogP contribution >= 0.6 is 0 Å². The molecule has 1 unspecified atom stereocenters. The molecule has 0 bridgehead atoms. The monoisotopic (exact) mass is 520 g/mol. The van der Waals surface area contributed by atoms with Crippen LogP contribution in [-0.4, -0.2) is 35.3 Å². The van der Waals surface area contributed by atoms with Gasteiger partial charge >= 0.3 is 23.9 Å². The molecule has 0 saturated heterocycles. The number of esters is 4. The van der Waals surface area contributed by atoms with E-state index in [-0.39, 0.29) is 28.7 Å². The fourth-order valence-electron chi connectivity index (χ4n) is 2.72. The molecule has 1 N–H and O–H groups in total. The third-order valence-electron chi connectivity index (χ3n) is 4.36. The van der Waals surface area contributed by atoms with Crippen molar-refractivity contribution in [2.24, 2.45) is 0 Å². The number of aliphatic hydroxyl groups excluding tert-OH is 1. The zero-order valence-electron chi connectivity index (χ0n) is 20.4. The summed E-state index contributed by atoms with van der Waals surface area (Å²) >= 11 is 0. The summed E-state index contributed by atoms with van der Waals surface area (Å²) in [5.41, 5.74) is 0.699. The predicted molar refractivity (Wildman–Crippen MR) is 136 cm³/mol. The van der Waals surface area contributed by atoms with Crippen molar-refractivity contribution in [3.8, 4) is 28.7 Å². The maximum atomic E-state index is 12.7. The summed E-state index contributed by atoms with van der Waals surface area (Å²) in [4.78, 5) is 47.5. The van der Waals surface area contributed by atoms with Gasteiger partial charge in [-0.2, -0.15) is 0 Å². The van der Waals surface area contributed by atoms with Crippen molar-refractivity contribution in [2.75, 3.05) is 0 Å². The quantitative estimate of drug-likeness (QED) is 0.145. The summed E-state index contributed by atoms with van der Waals surface area (Å²) in [5, 5.41) is 9.68. The van der Waals surface area contributed by atoms with Crippen molar-refractivity contribution in [3.63, 3.8) is 0 Å². The molecule has 0 heterocycles. The van der Waals surface area contributed by atoms with Crippen LogP contribution in [0.4, 0.5) is 0 Å². The van der Waals surface area contributed by atoms with Crippen molar-refractivity contribution < 1.29 is 48.0 Å². The Morgan fingerprint density at radius 3 is 1.42 bits per heavy atom. The van der Waals surface area contributed by atoms with E-state index in [9.17, 15) is 24.3 Å². The second-order valence-electron chi connectivity index (χ2n) is 7.20. The van der Waals surface area contributed by atoms with Gasteiger partial charge in [0.2, 0.25) is 6.29 Å². The van der Waals surface area contributed by atoms with Gasteiger partial charge < -0.3 is 28.8 Å². The van der Waals surface area contributed by atoms with Crippen LogP contribution in [0.5, 0.6) is 28.7 Å². The Morgan fingerprint density at radius 2 is 1.03 bits per heavy atom. The fraction of sp³-hybridized carbons (Fsp3) is 0.0714. The lowest BCUT2D eigenvalue weighted by molar-refractivity contribution is -0.130. The smallest absolute Gasteiger partial charge is 0.336 e. The van der Waals surface area contributed by atoms with Crippen molar-refractivity contribution in [3.05, 3.63) is 98.7 Å². The topological polar surface area (TPSA) is 135 Å². The Kier molecular flexibility index (Phi) is 10.5. The number of carbonyl (C=O) groups excluding carboxylic acids is 4. The number of allylic oxidation sites excluding steroid dienone is 1.